The zero-order chi connectivity index (χ0) is 28.1. The number of phenols is 1. The molecular formula is C29H28N4O6. The zero-order valence-electron chi connectivity index (χ0n) is 22.0. The Morgan fingerprint density at radius 2 is 1.87 bits per heavy atom. The van der Waals surface area contributed by atoms with Gasteiger partial charge in [0.05, 0.1) is 7.11 Å². The minimum absolute atomic E-state index is 0.0207. The van der Waals surface area contributed by atoms with Crippen LogP contribution in [-0.2, 0) is 9.59 Å². The first-order valence-electron chi connectivity index (χ1n) is 12.2. The Balaban J connectivity index is 1.58. The van der Waals surface area contributed by atoms with Crippen LogP contribution in [0.25, 0.3) is 6.08 Å². The summed E-state index contributed by atoms with van der Waals surface area (Å²) in [6.07, 6.45) is 1.54. The van der Waals surface area contributed by atoms with Crippen LogP contribution in [0.3, 0.4) is 0 Å². The van der Waals surface area contributed by atoms with Crippen LogP contribution in [0.5, 0.6) is 17.2 Å². The summed E-state index contributed by atoms with van der Waals surface area (Å²) in [7, 11) is 1.43. The van der Waals surface area contributed by atoms with Crippen LogP contribution in [0, 0.1) is 11.8 Å². The van der Waals surface area contributed by atoms with Crippen molar-refractivity contribution in [2.75, 3.05) is 13.7 Å². The number of carbonyl (C=O) groups is 2. The molecule has 3 aromatic rings. The predicted molar refractivity (Wildman–Crippen MR) is 147 cm³/mol. The number of rotatable bonds is 9. The van der Waals surface area contributed by atoms with E-state index in [9.17, 15) is 19.6 Å². The van der Waals surface area contributed by atoms with Crippen molar-refractivity contribution < 1.29 is 24.2 Å². The summed E-state index contributed by atoms with van der Waals surface area (Å²) >= 11 is 0. The highest BCUT2D eigenvalue weighted by Gasteiger charge is 2.33. The van der Waals surface area contributed by atoms with E-state index < -0.39 is 11.8 Å². The molecule has 200 valence electrons. The molecule has 1 aliphatic rings. The van der Waals surface area contributed by atoms with E-state index in [0.29, 0.717) is 28.1 Å². The normalized spacial score (nSPS) is 14.0. The number of nitroso groups, excluding NO2 is 1. The van der Waals surface area contributed by atoms with Crippen LogP contribution >= 0.6 is 0 Å². The standard InChI is InChI=1S/C29H28N4O6/c1-17(2)21-15-22(32-37)18(3)12-25(21)39-16-27(35)31-33-28(20-8-6-5-7-9-20)30-23(29(33)36)13-19-10-11-24(34)26(14-19)38-4/h5-15,17,34H,16H2,1-4H3,(H,31,35)/b23-13-. The Labute approximate surface area is 225 Å². The van der Waals surface area contributed by atoms with Gasteiger partial charge in [0, 0.05) is 5.56 Å². The summed E-state index contributed by atoms with van der Waals surface area (Å²) < 4.78 is 10.9. The molecule has 0 saturated heterocycles. The van der Waals surface area contributed by atoms with Crippen molar-refractivity contribution >= 4 is 29.4 Å². The first kappa shape index (κ1) is 27.1. The number of nitrogens with zero attached hydrogens (tertiary/aromatic N) is 3. The number of benzene rings is 3. The van der Waals surface area contributed by atoms with E-state index in [4.69, 9.17) is 9.47 Å². The van der Waals surface area contributed by atoms with Crippen molar-refractivity contribution in [1.29, 1.82) is 0 Å². The average molecular weight is 529 g/mol. The molecule has 3 aromatic carbocycles. The summed E-state index contributed by atoms with van der Waals surface area (Å²) in [5.41, 5.74) is 5.54. The lowest BCUT2D eigenvalue weighted by Crippen LogP contribution is -2.49. The Bertz CT molecular complexity index is 1480. The molecule has 0 spiro atoms. The van der Waals surface area contributed by atoms with Crippen molar-refractivity contribution in [2.24, 2.45) is 10.2 Å². The SMILES string of the molecule is COc1cc(/C=C2\N=C(c3ccccc3)N(NC(=O)COc3cc(C)c(N=O)cc3C(C)C)C2=O)ccc1O. The maximum Gasteiger partial charge on any atom is 0.297 e. The van der Waals surface area contributed by atoms with Gasteiger partial charge in [-0.05, 0) is 65.1 Å². The lowest BCUT2D eigenvalue weighted by atomic mass is 9.99. The molecule has 0 aliphatic carbocycles. The number of hydrazine groups is 1. The van der Waals surface area contributed by atoms with Crippen LogP contribution in [0.2, 0.25) is 0 Å². The topological polar surface area (TPSA) is 130 Å². The summed E-state index contributed by atoms with van der Waals surface area (Å²) in [4.78, 5) is 41.9. The van der Waals surface area contributed by atoms with Gasteiger partial charge >= 0.3 is 0 Å². The van der Waals surface area contributed by atoms with Gasteiger partial charge in [-0.2, -0.15) is 5.01 Å². The van der Waals surface area contributed by atoms with Gasteiger partial charge in [0.1, 0.15) is 17.1 Å². The summed E-state index contributed by atoms with van der Waals surface area (Å²) in [6, 6.07) is 16.9. The second-order valence-corrected chi connectivity index (χ2v) is 9.15. The molecule has 2 amide bonds. The molecule has 0 aromatic heterocycles. The molecule has 4 rings (SSSR count). The minimum atomic E-state index is -0.579. The maximum atomic E-state index is 13.4. The fourth-order valence-electron chi connectivity index (χ4n) is 4.00. The van der Waals surface area contributed by atoms with Gasteiger partial charge < -0.3 is 14.6 Å². The van der Waals surface area contributed by atoms with Gasteiger partial charge in [-0.25, -0.2) is 4.99 Å². The Kier molecular flexibility index (Phi) is 8.04. The molecule has 10 nitrogen and oxygen atoms in total. The van der Waals surface area contributed by atoms with Crippen molar-refractivity contribution in [2.45, 2.75) is 26.7 Å². The van der Waals surface area contributed by atoms with Gasteiger partial charge in [-0.15, -0.1) is 4.91 Å². The molecule has 39 heavy (non-hydrogen) atoms. The molecule has 0 atom stereocenters. The third-order valence-corrected chi connectivity index (χ3v) is 6.04. The number of hydrogen-bond donors (Lipinski definition) is 2. The number of amides is 2. The van der Waals surface area contributed by atoms with E-state index in [2.05, 4.69) is 15.6 Å². The first-order chi connectivity index (χ1) is 18.7. The molecule has 0 saturated carbocycles. The minimum Gasteiger partial charge on any atom is -0.504 e. The van der Waals surface area contributed by atoms with Crippen LogP contribution in [0.1, 0.15) is 42.0 Å². The van der Waals surface area contributed by atoms with E-state index in [1.54, 1.807) is 55.5 Å². The second kappa shape index (κ2) is 11.6. The molecule has 0 unspecified atom stereocenters. The summed E-state index contributed by atoms with van der Waals surface area (Å²) in [5, 5.41) is 14.0. The number of aliphatic imine (C=N–C) groups is 1. The molecule has 10 heteroatoms. The third kappa shape index (κ3) is 5.96. The highest BCUT2D eigenvalue weighted by atomic mass is 16.5. The molecule has 0 fully saturated rings. The largest absolute Gasteiger partial charge is 0.504 e. The maximum absolute atomic E-state index is 13.4. The molecular weight excluding hydrogens is 500 g/mol. The van der Waals surface area contributed by atoms with E-state index in [0.717, 1.165) is 10.6 Å². The van der Waals surface area contributed by atoms with Gasteiger partial charge in [-0.1, -0.05) is 50.2 Å². The van der Waals surface area contributed by atoms with E-state index in [1.807, 2.05) is 19.9 Å². The zero-order valence-corrected chi connectivity index (χ0v) is 22.0. The highest BCUT2D eigenvalue weighted by Crippen LogP contribution is 2.33. The van der Waals surface area contributed by atoms with Gasteiger partial charge in [0.2, 0.25) is 0 Å². The van der Waals surface area contributed by atoms with Gasteiger partial charge in [-0.3, -0.25) is 15.0 Å². The van der Waals surface area contributed by atoms with Crippen LogP contribution in [0.15, 0.2) is 76.5 Å². The van der Waals surface area contributed by atoms with Crippen molar-refractivity contribution in [1.82, 2.24) is 10.4 Å². The van der Waals surface area contributed by atoms with E-state index >= 15 is 0 Å². The molecule has 0 bridgehead atoms. The number of aromatic hydroxyl groups is 1. The predicted octanol–water partition coefficient (Wildman–Crippen LogP) is 4.97. The number of hydrogen-bond acceptors (Lipinski definition) is 8. The molecule has 2 N–H and O–H groups in total. The Morgan fingerprint density at radius 1 is 1.13 bits per heavy atom. The number of phenolic OH excluding ortho intramolecular Hbond substituents is 1. The molecule has 1 heterocycles. The Hall–Kier alpha value is -4.99. The van der Waals surface area contributed by atoms with Crippen molar-refractivity contribution in [3.05, 3.63) is 93.5 Å². The van der Waals surface area contributed by atoms with Crippen LogP contribution < -0.4 is 14.9 Å². The number of methoxy groups -OCH3 is 1. The monoisotopic (exact) mass is 528 g/mol. The smallest absolute Gasteiger partial charge is 0.297 e. The molecule has 0 radical (unpaired) electrons. The lowest BCUT2D eigenvalue weighted by Gasteiger charge is -2.20. The van der Waals surface area contributed by atoms with Crippen molar-refractivity contribution in [3.63, 3.8) is 0 Å². The first-order valence-corrected chi connectivity index (χ1v) is 12.2. The summed E-state index contributed by atoms with van der Waals surface area (Å²) in [6.45, 7) is 5.23. The van der Waals surface area contributed by atoms with Crippen LogP contribution in [-0.4, -0.2) is 41.5 Å². The van der Waals surface area contributed by atoms with E-state index in [-0.39, 0.29) is 35.6 Å². The summed E-state index contributed by atoms with van der Waals surface area (Å²) in [5.74, 6) is -0.196. The Morgan fingerprint density at radius 3 is 2.54 bits per heavy atom. The highest BCUT2D eigenvalue weighted by molar-refractivity contribution is 6.20. The number of nitrogens with one attached hydrogen (secondary N) is 1. The molecule has 1 aliphatic heterocycles. The van der Waals surface area contributed by atoms with Crippen LogP contribution in [0.4, 0.5) is 5.69 Å². The average Bonchev–Trinajstić information content (AvgIpc) is 3.23. The van der Waals surface area contributed by atoms with Crippen molar-refractivity contribution in [3.8, 4) is 17.2 Å². The number of amidine groups is 1. The van der Waals surface area contributed by atoms with Gasteiger partial charge in [0.15, 0.2) is 23.9 Å². The second-order valence-electron chi connectivity index (χ2n) is 9.15. The lowest BCUT2D eigenvalue weighted by molar-refractivity contribution is -0.134. The number of carbonyl (C=O) groups excluding carboxylic acids is 2. The quantitative estimate of drug-likeness (QED) is 0.298. The van der Waals surface area contributed by atoms with E-state index in [1.165, 1.54) is 19.3 Å². The third-order valence-electron chi connectivity index (χ3n) is 6.04. The fourth-order valence-corrected chi connectivity index (χ4v) is 4.00. The number of aryl methyl sites for hydroxylation is 1. The van der Waals surface area contributed by atoms with Gasteiger partial charge in [0.25, 0.3) is 11.8 Å². The number of ether oxygens (including phenoxy) is 2. The fraction of sp³-hybridized carbons (Fsp3) is 0.207.